The van der Waals surface area contributed by atoms with Crippen LogP contribution in [0.3, 0.4) is 0 Å². The maximum atomic E-state index is 15.0. The second kappa shape index (κ2) is 34.0. The van der Waals surface area contributed by atoms with Gasteiger partial charge >= 0.3 is 23.9 Å². The van der Waals surface area contributed by atoms with Crippen molar-refractivity contribution in [3.63, 3.8) is 0 Å². The quantitative estimate of drug-likeness (QED) is 0.0350. The zero-order chi connectivity index (χ0) is 65.0. The topological polar surface area (TPSA) is 179 Å². The second-order valence-electron chi connectivity index (χ2n) is 25.2. The summed E-state index contributed by atoms with van der Waals surface area (Å²) in [4.78, 5) is 58.7. The maximum Gasteiger partial charge on any atom is 0.338 e. The summed E-state index contributed by atoms with van der Waals surface area (Å²) in [6, 6.07) is 64.4. The predicted molar refractivity (Wildman–Crippen MR) is 349 cm³/mol. The number of rotatable bonds is 27. The van der Waals surface area contributed by atoms with Crippen LogP contribution in [0.4, 0.5) is 0 Å². The molecule has 494 valence electrons. The molecule has 0 aromatic heterocycles. The number of esters is 4. The molecule has 15 atom stereocenters. The van der Waals surface area contributed by atoms with Gasteiger partial charge in [-0.2, -0.15) is 0 Å². The van der Waals surface area contributed by atoms with E-state index in [4.69, 9.17) is 56.8 Å². The van der Waals surface area contributed by atoms with Crippen LogP contribution < -0.4 is 0 Å². The minimum absolute atomic E-state index is 0.0514. The predicted octanol–water partition coefficient (Wildman–Crippen LogP) is 13.8. The van der Waals surface area contributed by atoms with Crippen molar-refractivity contribution in [2.45, 2.75) is 178 Å². The van der Waals surface area contributed by atoms with Crippen molar-refractivity contribution in [3.05, 3.63) is 251 Å². The SMILES string of the molecule is C[C@H]1C[C@H](C)[C@H](O[C@@H]2O[C@H](C)[C@H](OCc3ccccc3)[C@H](OCc3ccccc3)[C@H]2OCc2ccccc2)[C@H](O[C@H]2O[C@H](COC(=O)c3ccccc3)[C@H](OC(=O)c3ccccc3)[C@H](O[C@@H](CC3CCCCC3)C(=O)OCc3ccccc3)[C@H]2OC(=O)c2ccccc2)C1. The third-order valence-corrected chi connectivity index (χ3v) is 18.1. The molecule has 16 heteroatoms. The van der Waals surface area contributed by atoms with Gasteiger partial charge in [-0.1, -0.05) is 222 Å². The van der Waals surface area contributed by atoms with E-state index in [1.165, 1.54) is 0 Å². The Labute approximate surface area is 551 Å². The van der Waals surface area contributed by atoms with Gasteiger partial charge in [0.05, 0.1) is 54.8 Å². The van der Waals surface area contributed by atoms with E-state index in [-0.39, 0.29) is 67.3 Å². The first-order valence-electron chi connectivity index (χ1n) is 33.2. The van der Waals surface area contributed by atoms with E-state index >= 15 is 4.79 Å². The molecule has 94 heavy (non-hydrogen) atoms. The summed E-state index contributed by atoms with van der Waals surface area (Å²) in [5.74, 6) is -2.98. The van der Waals surface area contributed by atoms with Crippen LogP contribution >= 0.6 is 0 Å². The van der Waals surface area contributed by atoms with Crippen LogP contribution in [0.1, 0.15) is 125 Å². The van der Waals surface area contributed by atoms with Crippen LogP contribution in [0.25, 0.3) is 0 Å². The third kappa shape index (κ3) is 18.5. The van der Waals surface area contributed by atoms with Gasteiger partial charge in [-0.15, -0.1) is 0 Å². The molecule has 0 unspecified atom stereocenters. The Morgan fingerprint density at radius 2 is 0.872 bits per heavy atom. The fraction of sp³-hybridized carbons (Fsp3) is 0.410. The van der Waals surface area contributed by atoms with Gasteiger partial charge in [-0.3, -0.25) is 0 Å². The first-order chi connectivity index (χ1) is 46.0. The minimum atomic E-state index is -1.59. The molecule has 11 rings (SSSR count). The maximum absolute atomic E-state index is 15.0. The highest BCUT2D eigenvalue weighted by molar-refractivity contribution is 5.90. The van der Waals surface area contributed by atoms with E-state index in [0.717, 1.165) is 60.8 Å². The van der Waals surface area contributed by atoms with Crippen LogP contribution in [0.15, 0.2) is 212 Å². The van der Waals surface area contributed by atoms with Crippen molar-refractivity contribution in [1.82, 2.24) is 0 Å². The molecular formula is C78H86O16. The number of carbonyl (C=O) groups is 4. The molecule has 7 aromatic rings. The zero-order valence-corrected chi connectivity index (χ0v) is 53.7. The van der Waals surface area contributed by atoms with Crippen LogP contribution in [0.2, 0.25) is 0 Å². The van der Waals surface area contributed by atoms with Gasteiger partial charge in [0.2, 0.25) is 0 Å². The lowest BCUT2D eigenvalue weighted by atomic mass is 9.79. The highest BCUT2D eigenvalue weighted by atomic mass is 16.8. The van der Waals surface area contributed by atoms with Crippen LogP contribution in [0.5, 0.6) is 0 Å². The average molecular weight is 1280 g/mol. The normalized spacial score (nSPS) is 26.7. The molecule has 2 aliphatic carbocycles. The monoisotopic (exact) mass is 1280 g/mol. The largest absolute Gasteiger partial charge is 0.459 e. The number of ether oxygens (including phenoxy) is 12. The summed E-state index contributed by atoms with van der Waals surface area (Å²) in [5, 5.41) is 0. The molecule has 4 fully saturated rings. The van der Waals surface area contributed by atoms with Gasteiger partial charge in [-0.05, 0) is 103 Å². The van der Waals surface area contributed by atoms with Gasteiger partial charge in [0.15, 0.2) is 30.9 Å². The van der Waals surface area contributed by atoms with Crippen molar-refractivity contribution < 1.29 is 76.0 Å². The Morgan fingerprint density at radius 3 is 1.39 bits per heavy atom. The standard InChI is InChI=1S/C78H86O16/c1-52-44-53(2)66(94-77-71(85-49-58-34-18-7-19-35-58)69(84-48-57-32-16-6-17-33-57)67(54(3)88-77)83-47-56-30-14-5-15-31-56)63(45-52)90-78-72(93-75(81)62-42-26-11-27-43-62)70(89-64(46-55-28-12-4-13-29-55)76(82)86-50-59-36-20-8-21-37-59)68(92-74(80)61-40-24-10-25-41-61)65(91-78)51-87-73(79)60-38-22-9-23-39-60/h5-11,14-27,30-43,52-55,63-72,77-78H,4,12-13,28-29,44-51H2,1-3H3/t52-,53-,54+,63+,64-,65+,66-,67-,68-,69-,70-,71+,72+,77-,78-/m0/s1. The van der Waals surface area contributed by atoms with Gasteiger partial charge in [0, 0.05) is 0 Å². The van der Waals surface area contributed by atoms with Gasteiger partial charge in [-0.25, -0.2) is 19.2 Å². The van der Waals surface area contributed by atoms with E-state index in [1.807, 2.05) is 128 Å². The molecular weight excluding hydrogens is 1190 g/mol. The van der Waals surface area contributed by atoms with E-state index < -0.39 is 110 Å². The summed E-state index contributed by atoms with van der Waals surface area (Å²) in [6.07, 6.45) is -8.30. The van der Waals surface area contributed by atoms with Crippen LogP contribution in [-0.4, -0.2) is 110 Å². The zero-order valence-electron chi connectivity index (χ0n) is 53.7. The van der Waals surface area contributed by atoms with Crippen LogP contribution in [0, 0.1) is 17.8 Å². The Morgan fingerprint density at radius 1 is 0.426 bits per heavy atom. The summed E-state index contributed by atoms with van der Waals surface area (Å²) >= 11 is 0. The summed E-state index contributed by atoms with van der Waals surface area (Å²) in [6.45, 7) is 6.34. The van der Waals surface area contributed by atoms with Crippen molar-refractivity contribution in [2.24, 2.45) is 17.8 Å². The number of hydrogen-bond acceptors (Lipinski definition) is 16. The highest BCUT2D eigenvalue weighted by Crippen LogP contribution is 2.41. The van der Waals surface area contributed by atoms with Crippen molar-refractivity contribution in [2.75, 3.05) is 6.61 Å². The fourth-order valence-electron chi connectivity index (χ4n) is 13.3. The molecule has 0 N–H and O–H groups in total. The molecule has 2 heterocycles. The molecule has 7 aromatic carbocycles. The smallest absolute Gasteiger partial charge is 0.338 e. The average Bonchev–Trinajstić information content (AvgIpc) is 0.786. The molecule has 2 saturated carbocycles. The fourth-order valence-corrected chi connectivity index (χ4v) is 13.3. The first-order valence-corrected chi connectivity index (χ1v) is 33.2. The molecule has 0 amide bonds. The molecule has 0 bridgehead atoms. The number of hydrogen-bond donors (Lipinski definition) is 0. The van der Waals surface area contributed by atoms with Crippen molar-refractivity contribution >= 4 is 23.9 Å². The molecule has 16 nitrogen and oxygen atoms in total. The van der Waals surface area contributed by atoms with E-state index in [1.54, 1.807) is 91.0 Å². The number of carbonyl (C=O) groups excluding carboxylic acids is 4. The Hall–Kier alpha value is -7.90. The second-order valence-corrected chi connectivity index (χ2v) is 25.2. The van der Waals surface area contributed by atoms with Crippen molar-refractivity contribution in [1.29, 1.82) is 0 Å². The van der Waals surface area contributed by atoms with E-state index in [2.05, 4.69) is 13.8 Å². The lowest BCUT2D eigenvalue weighted by molar-refractivity contribution is -0.357. The molecule has 4 aliphatic rings. The first kappa shape index (κ1) is 67.5. The Bertz CT molecular complexity index is 3420. The molecule has 2 saturated heterocycles. The third-order valence-electron chi connectivity index (χ3n) is 18.1. The molecule has 0 radical (unpaired) electrons. The van der Waals surface area contributed by atoms with Gasteiger partial charge in [0.1, 0.15) is 43.7 Å². The van der Waals surface area contributed by atoms with Gasteiger partial charge in [0.25, 0.3) is 0 Å². The lowest BCUT2D eigenvalue weighted by Crippen LogP contribution is -2.65. The Balaban J connectivity index is 0.985. The molecule has 2 aliphatic heterocycles. The van der Waals surface area contributed by atoms with E-state index in [9.17, 15) is 14.4 Å². The highest BCUT2D eigenvalue weighted by Gasteiger charge is 2.56. The number of benzene rings is 7. The van der Waals surface area contributed by atoms with Crippen LogP contribution in [-0.2, 0) is 88.1 Å². The van der Waals surface area contributed by atoms with Crippen molar-refractivity contribution in [3.8, 4) is 0 Å². The summed E-state index contributed by atoms with van der Waals surface area (Å²) in [5.41, 5.74) is 4.27. The molecule has 0 spiro atoms. The van der Waals surface area contributed by atoms with Gasteiger partial charge < -0.3 is 56.8 Å². The summed E-state index contributed by atoms with van der Waals surface area (Å²) < 4.78 is 82.7. The summed E-state index contributed by atoms with van der Waals surface area (Å²) in [7, 11) is 0. The Kier molecular flexibility index (Phi) is 24.4. The van der Waals surface area contributed by atoms with E-state index in [0.29, 0.717) is 6.42 Å². The lowest BCUT2D eigenvalue weighted by Gasteiger charge is -2.50. The minimum Gasteiger partial charge on any atom is -0.459 e.